The summed E-state index contributed by atoms with van der Waals surface area (Å²) in [7, 11) is 5.86. The Kier molecular flexibility index (Phi) is 5.73. The SMILES string of the molecule is CNC(=O)C1CNCCN1CCCN(C)C. The van der Waals surface area contributed by atoms with Gasteiger partial charge in [-0.1, -0.05) is 0 Å². The predicted molar refractivity (Wildman–Crippen MR) is 65.5 cm³/mol. The van der Waals surface area contributed by atoms with Crippen LogP contribution in [-0.4, -0.2) is 75.6 Å². The first kappa shape index (κ1) is 13.4. The molecule has 1 rings (SSSR count). The fourth-order valence-corrected chi connectivity index (χ4v) is 2.03. The molecule has 16 heavy (non-hydrogen) atoms. The molecule has 1 fully saturated rings. The number of nitrogens with one attached hydrogen (secondary N) is 2. The molecule has 0 spiro atoms. The lowest BCUT2D eigenvalue weighted by Crippen LogP contribution is -2.57. The first-order chi connectivity index (χ1) is 7.65. The standard InChI is InChI=1S/C11H24N4O/c1-12-11(16)10-9-13-5-8-15(10)7-4-6-14(2)3/h10,13H,4-9H2,1-3H3,(H,12,16). The van der Waals surface area contributed by atoms with Crippen molar-refractivity contribution in [2.45, 2.75) is 12.5 Å². The Balaban J connectivity index is 2.38. The van der Waals surface area contributed by atoms with Crippen LogP contribution in [0.2, 0.25) is 0 Å². The van der Waals surface area contributed by atoms with Crippen molar-refractivity contribution in [2.75, 3.05) is 53.9 Å². The quantitative estimate of drug-likeness (QED) is 0.631. The Hall–Kier alpha value is -0.650. The molecule has 1 atom stereocenters. The third-order valence-corrected chi connectivity index (χ3v) is 2.95. The van der Waals surface area contributed by atoms with Gasteiger partial charge in [-0.15, -0.1) is 0 Å². The number of hydrogen-bond donors (Lipinski definition) is 2. The lowest BCUT2D eigenvalue weighted by atomic mass is 10.1. The van der Waals surface area contributed by atoms with E-state index in [0.29, 0.717) is 0 Å². The Morgan fingerprint density at radius 3 is 2.94 bits per heavy atom. The highest BCUT2D eigenvalue weighted by Gasteiger charge is 2.27. The van der Waals surface area contributed by atoms with Crippen LogP contribution in [0.5, 0.6) is 0 Å². The van der Waals surface area contributed by atoms with Gasteiger partial charge in [-0.25, -0.2) is 0 Å². The number of amides is 1. The number of hydrogen-bond acceptors (Lipinski definition) is 4. The van der Waals surface area contributed by atoms with Crippen LogP contribution in [-0.2, 0) is 4.79 Å². The smallest absolute Gasteiger partial charge is 0.238 e. The zero-order valence-corrected chi connectivity index (χ0v) is 10.6. The normalized spacial score (nSPS) is 22.4. The third kappa shape index (κ3) is 4.08. The molecule has 0 bridgehead atoms. The summed E-state index contributed by atoms with van der Waals surface area (Å²) in [5.74, 6) is 0.122. The molecule has 0 aromatic carbocycles. The summed E-state index contributed by atoms with van der Waals surface area (Å²) in [5.41, 5.74) is 0. The van der Waals surface area contributed by atoms with Crippen molar-refractivity contribution in [1.29, 1.82) is 0 Å². The van der Waals surface area contributed by atoms with E-state index < -0.39 is 0 Å². The second-order valence-electron chi connectivity index (χ2n) is 4.53. The van der Waals surface area contributed by atoms with Crippen LogP contribution < -0.4 is 10.6 Å². The van der Waals surface area contributed by atoms with Crippen molar-refractivity contribution < 1.29 is 4.79 Å². The molecular formula is C11H24N4O. The van der Waals surface area contributed by atoms with E-state index in [9.17, 15) is 4.79 Å². The van der Waals surface area contributed by atoms with E-state index in [2.05, 4.69) is 34.5 Å². The Morgan fingerprint density at radius 2 is 2.31 bits per heavy atom. The van der Waals surface area contributed by atoms with Crippen molar-refractivity contribution in [3.05, 3.63) is 0 Å². The number of likely N-dealkylation sites (N-methyl/N-ethyl adjacent to an activating group) is 1. The molecular weight excluding hydrogens is 204 g/mol. The minimum atomic E-state index is 0.000845. The summed E-state index contributed by atoms with van der Waals surface area (Å²) in [5, 5.41) is 6.00. The van der Waals surface area contributed by atoms with Crippen molar-refractivity contribution in [3.8, 4) is 0 Å². The lowest BCUT2D eigenvalue weighted by molar-refractivity contribution is -0.126. The summed E-state index contributed by atoms with van der Waals surface area (Å²) in [6.07, 6.45) is 1.11. The van der Waals surface area contributed by atoms with Gasteiger partial charge in [0, 0.05) is 33.2 Å². The van der Waals surface area contributed by atoms with Gasteiger partial charge in [0.05, 0.1) is 0 Å². The number of rotatable bonds is 5. The number of carbonyl (C=O) groups is 1. The first-order valence-electron chi connectivity index (χ1n) is 5.96. The van der Waals surface area contributed by atoms with Gasteiger partial charge in [0.2, 0.25) is 5.91 Å². The van der Waals surface area contributed by atoms with E-state index in [0.717, 1.165) is 39.1 Å². The maximum Gasteiger partial charge on any atom is 0.238 e. The summed E-state index contributed by atoms with van der Waals surface area (Å²) >= 11 is 0. The Morgan fingerprint density at radius 1 is 1.56 bits per heavy atom. The summed E-state index contributed by atoms with van der Waals surface area (Å²) in [6.45, 7) is 4.78. The molecule has 1 saturated heterocycles. The largest absolute Gasteiger partial charge is 0.358 e. The highest BCUT2D eigenvalue weighted by Crippen LogP contribution is 2.04. The molecule has 5 nitrogen and oxygen atoms in total. The van der Waals surface area contributed by atoms with Crippen LogP contribution in [0.15, 0.2) is 0 Å². The van der Waals surface area contributed by atoms with Crippen molar-refractivity contribution in [2.24, 2.45) is 0 Å². The maximum absolute atomic E-state index is 11.7. The van der Waals surface area contributed by atoms with E-state index >= 15 is 0 Å². The molecule has 0 saturated carbocycles. The van der Waals surface area contributed by atoms with Gasteiger partial charge in [0.1, 0.15) is 6.04 Å². The van der Waals surface area contributed by atoms with Gasteiger partial charge in [0.25, 0.3) is 0 Å². The minimum Gasteiger partial charge on any atom is -0.358 e. The number of nitrogens with zero attached hydrogens (tertiary/aromatic N) is 2. The van der Waals surface area contributed by atoms with E-state index in [4.69, 9.17) is 0 Å². The second-order valence-corrected chi connectivity index (χ2v) is 4.53. The first-order valence-corrected chi connectivity index (χ1v) is 5.96. The number of carbonyl (C=O) groups excluding carboxylic acids is 1. The minimum absolute atomic E-state index is 0.000845. The topological polar surface area (TPSA) is 47.6 Å². The maximum atomic E-state index is 11.7. The predicted octanol–water partition coefficient (Wildman–Crippen LogP) is -1.04. The lowest BCUT2D eigenvalue weighted by Gasteiger charge is -2.35. The van der Waals surface area contributed by atoms with Crippen LogP contribution in [0.3, 0.4) is 0 Å². The molecule has 2 N–H and O–H groups in total. The summed E-state index contributed by atoms with van der Waals surface area (Å²) < 4.78 is 0. The van der Waals surface area contributed by atoms with E-state index in [1.807, 2.05) is 0 Å². The van der Waals surface area contributed by atoms with Gasteiger partial charge < -0.3 is 15.5 Å². The van der Waals surface area contributed by atoms with Crippen molar-refractivity contribution in [1.82, 2.24) is 20.4 Å². The van der Waals surface area contributed by atoms with E-state index in [-0.39, 0.29) is 11.9 Å². The molecule has 94 valence electrons. The molecule has 0 aliphatic carbocycles. The molecule has 0 aromatic rings. The van der Waals surface area contributed by atoms with Gasteiger partial charge >= 0.3 is 0 Å². The van der Waals surface area contributed by atoms with Crippen LogP contribution in [0.1, 0.15) is 6.42 Å². The van der Waals surface area contributed by atoms with Gasteiger partial charge in [0.15, 0.2) is 0 Å². The van der Waals surface area contributed by atoms with Crippen molar-refractivity contribution in [3.63, 3.8) is 0 Å². The van der Waals surface area contributed by atoms with Crippen molar-refractivity contribution >= 4 is 5.91 Å². The molecule has 5 heteroatoms. The molecule has 1 unspecified atom stereocenters. The zero-order chi connectivity index (χ0) is 12.0. The summed E-state index contributed by atoms with van der Waals surface area (Å²) in [6, 6.07) is 0.000845. The van der Waals surface area contributed by atoms with E-state index in [1.54, 1.807) is 7.05 Å². The second kappa shape index (κ2) is 6.83. The zero-order valence-electron chi connectivity index (χ0n) is 10.6. The highest BCUT2D eigenvalue weighted by molar-refractivity contribution is 5.81. The molecule has 0 aromatic heterocycles. The third-order valence-electron chi connectivity index (χ3n) is 2.95. The highest BCUT2D eigenvalue weighted by atomic mass is 16.2. The molecule has 0 radical (unpaired) electrons. The van der Waals surface area contributed by atoms with Crippen LogP contribution in [0, 0.1) is 0 Å². The fourth-order valence-electron chi connectivity index (χ4n) is 2.03. The Labute approximate surface area is 98.2 Å². The van der Waals surface area contributed by atoms with Gasteiger partial charge in [-0.2, -0.15) is 0 Å². The molecule has 1 aliphatic rings. The van der Waals surface area contributed by atoms with Crippen LogP contribution in [0.4, 0.5) is 0 Å². The van der Waals surface area contributed by atoms with Gasteiger partial charge in [-0.3, -0.25) is 9.69 Å². The average Bonchev–Trinajstić information content (AvgIpc) is 2.28. The molecule has 1 amide bonds. The average molecular weight is 228 g/mol. The van der Waals surface area contributed by atoms with E-state index in [1.165, 1.54) is 0 Å². The summed E-state index contributed by atoms with van der Waals surface area (Å²) in [4.78, 5) is 16.1. The monoisotopic (exact) mass is 228 g/mol. The molecule has 1 heterocycles. The van der Waals surface area contributed by atoms with Gasteiger partial charge in [-0.05, 0) is 27.1 Å². The number of piperazine rings is 1. The fraction of sp³-hybridized carbons (Fsp3) is 0.909. The Bertz CT molecular complexity index is 220. The van der Waals surface area contributed by atoms with Crippen LogP contribution in [0.25, 0.3) is 0 Å². The van der Waals surface area contributed by atoms with Crippen LogP contribution >= 0.6 is 0 Å². The molecule has 1 aliphatic heterocycles.